The number of rotatable bonds is 2. The molecule has 2 heterocycles. The number of hydrogen-bond acceptors (Lipinski definition) is 3. The molecule has 1 aliphatic heterocycles. The highest BCUT2D eigenvalue weighted by molar-refractivity contribution is 9.10. The Balaban J connectivity index is 1.85. The predicted molar refractivity (Wildman–Crippen MR) is 81.1 cm³/mol. The van der Waals surface area contributed by atoms with Gasteiger partial charge in [-0.2, -0.15) is 5.10 Å². The number of aromatic nitrogens is 2. The summed E-state index contributed by atoms with van der Waals surface area (Å²) in [5.41, 5.74) is 3.51. The number of aryl methyl sites for hydroxylation is 1. The van der Waals surface area contributed by atoms with Gasteiger partial charge < -0.3 is 10.2 Å². The summed E-state index contributed by atoms with van der Waals surface area (Å²) < 4.78 is 3.05. The van der Waals surface area contributed by atoms with Crippen molar-refractivity contribution in [3.05, 3.63) is 40.6 Å². The molecular weight excluding hydrogens is 304 g/mol. The van der Waals surface area contributed by atoms with Gasteiger partial charge >= 0.3 is 0 Å². The molecule has 19 heavy (non-hydrogen) atoms. The van der Waals surface area contributed by atoms with Gasteiger partial charge in [-0.25, -0.2) is 4.68 Å². The van der Waals surface area contributed by atoms with E-state index in [0.717, 1.165) is 36.3 Å². The molecule has 1 fully saturated rings. The minimum Gasteiger partial charge on any atom is -0.366 e. The van der Waals surface area contributed by atoms with Gasteiger partial charge in [0.25, 0.3) is 0 Å². The second kappa shape index (κ2) is 5.35. The van der Waals surface area contributed by atoms with Crippen molar-refractivity contribution in [3.63, 3.8) is 0 Å². The van der Waals surface area contributed by atoms with E-state index in [1.807, 2.05) is 10.9 Å². The van der Waals surface area contributed by atoms with Crippen LogP contribution in [0.1, 0.15) is 5.56 Å². The molecule has 0 saturated carbocycles. The number of hydrogen-bond donors (Lipinski definition) is 1. The zero-order valence-corrected chi connectivity index (χ0v) is 12.5. The normalized spacial score (nSPS) is 15.8. The smallest absolute Gasteiger partial charge is 0.0758 e. The third kappa shape index (κ3) is 2.67. The summed E-state index contributed by atoms with van der Waals surface area (Å²) in [6.45, 7) is 6.26. The third-order valence-corrected chi connectivity index (χ3v) is 4.33. The number of nitrogens with zero attached hydrogens (tertiary/aromatic N) is 3. The summed E-state index contributed by atoms with van der Waals surface area (Å²) in [5.74, 6) is 0. The Bertz CT molecular complexity index is 573. The van der Waals surface area contributed by atoms with Crippen LogP contribution in [0.25, 0.3) is 5.69 Å². The van der Waals surface area contributed by atoms with Crippen LogP contribution in [0.15, 0.2) is 35.1 Å². The second-order valence-corrected chi connectivity index (χ2v) is 5.67. The van der Waals surface area contributed by atoms with Crippen LogP contribution in [0.3, 0.4) is 0 Å². The van der Waals surface area contributed by atoms with Crippen LogP contribution in [0.2, 0.25) is 0 Å². The van der Waals surface area contributed by atoms with Crippen LogP contribution in [-0.4, -0.2) is 36.0 Å². The fourth-order valence-electron chi connectivity index (χ4n) is 2.27. The number of piperazine rings is 1. The highest BCUT2D eigenvalue weighted by Gasteiger charge is 2.12. The van der Waals surface area contributed by atoms with Gasteiger partial charge in [-0.05, 0) is 24.6 Å². The minimum absolute atomic E-state index is 1.04. The molecule has 4 nitrogen and oxygen atoms in total. The van der Waals surface area contributed by atoms with E-state index >= 15 is 0 Å². The van der Waals surface area contributed by atoms with Crippen molar-refractivity contribution in [3.8, 4) is 5.69 Å². The molecule has 1 saturated heterocycles. The molecule has 5 heteroatoms. The average Bonchev–Trinajstić information content (AvgIpc) is 2.93. The van der Waals surface area contributed by atoms with E-state index in [-0.39, 0.29) is 0 Å². The van der Waals surface area contributed by atoms with Crippen molar-refractivity contribution in [2.45, 2.75) is 6.92 Å². The molecule has 1 N–H and O–H groups in total. The van der Waals surface area contributed by atoms with E-state index in [0.29, 0.717) is 0 Å². The maximum atomic E-state index is 4.47. The van der Waals surface area contributed by atoms with Crippen LogP contribution in [0.5, 0.6) is 0 Å². The first-order valence-electron chi connectivity index (χ1n) is 6.51. The lowest BCUT2D eigenvalue weighted by Gasteiger charge is -2.27. The van der Waals surface area contributed by atoms with Gasteiger partial charge in [0.2, 0.25) is 0 Å². The molecule has 0 amide bonds. The molecule has 2 aromatic rings. The Hall–Kier alpha value is -1.33. The number of benzene rings is 1. The fourth-order valence-corrected chi connectivity index (χ4v) is 2.63. The fraction of sp³-hybridized carbons (Fsp3) is 0.357. The minimum atomic E-state index is 1.04. The van der Waals surface area contributed by atoms with Crippen LogP contribution in [0, 0.1) is 6.92 Å². The Kier molecular flexibility index (Phi) is 3.57. The highest BCUT2D eigenvalue weighted by atomic mass is 79.9. The molecule has 0 bridgehead atoms. The molecule has 1 aromatic heterocycles. The highest BCUT2D eigenvalue weighted by Crippen LogP contribution is 2.21. The molecular formula is C14H17BrN4. The maximum Gasteiger partial charge on any atom is 0.0758 e. The van der Waals surface area contributed by atoms with Gasteiger partial charge in [0, 0.05) is 30.7 Å². The summed E-state index contributed by atoms with van der Waals surface area (Å²) in [5, 5.41) is 7.83. The van der Waals surface area contributed by atoms with Gasteiger partial charge in [0.05, 0.1) is 23.8 Å². The summed E-state index contributed by atoms with van der Waals surface area (Å²) >= 11 is 3.57. The molecule has 3 rings (SSSR count). The lowest BCUT2D eigenvalue weighted by molar-refractivity contribution is 0.589. The second-order valence-electron chi connectivity index (χ2n) is 4.81. The maximum absolute atomic E-state index is 4.47. The molecule has 0 spiro atoms. The number of nitrogens with one attached hydrogen (secondary N) is 1. The lowest BCUT2D eigenvalue weighted by atomic mass is 10.2. The first-order valence-corrected chi connectivity index (χ1v) is 7.30. The van der Waals surface area contributed by atoms with E-state index in [9.17, 15) is 0 Å². The van der Waals surface area contributed by atoms with Crippen molar-refractivity contribution in [2.24, 2.45) is 0 Å². The van der Waals surface area contributed by atoms with Gasteiger partial charge in [-0.1, -0.05) is 22.0 Å². The lowest BCUT2D eigenvalue weighted by Crippen LogP contribution is -2.43. The third-order valence-electron chi connectivity index (χ3n) is 3.47. The van der Waals surface area contributed by atoms with Crippen molar-refractivity contribution in [1.29, 1.82) is 0 Å². The van der Waals surface area contributed by atoms with Gasteiger partial charge in [0.15, 0.2) is 0 Å². The zero-order valence-electron chi connectivity index (χ0n) is 10.9. The van der Waals surface area contributed by atoms with Crippen molar-refractivity contribution in [1.82, 2.24) is 15.1 Å². The molecule has 100 valence electrons. The van der Waals surface area contributed by atoms with Crippen molar-refractivity contribution >= 4 is 21.6 Å². The average molecular weight is 321 g/mol. The predicted octanol–water partition coefficient (Wildman–Crippen LogP) is 2.35. The van der Waals surface area contributed by atoms with E-state index < -0.39 is 0 Å². The molecule has 1 aliphatic rings. The number of halogens is 1. The van der Waals surface area contributed by atoms with E-state index in [2.05, 4.69) is 62.6 Å². The Labute approximate surface area is 121 Å². The van der Waals surface area contributed by atoms with E-state index in [4.69, 9.17) is 0 Å². The van der Waals surface area contributed by atoms with Crippen molar-refractivity contribution < 1.29 is 0 Å². The molecule has 1 aromatic carbocycles. The molecule has 0 unspecified atom stereocenters. The first-order chi connectivity index (χ1) is 9.24. The zero-order chi connectivity index (χ0) is 13.2. The Morgan fingerprint density at radius 1 is 1.21 bits per heavy atom. The molecule has 0 aliphatic carbocycles. The van der Waals surface area contributed by atoms with Crippen molar-refractivity contribution in [2.75, 3.05) is 31.1 Å². The molecule has 0 radical (unpaired) electrons. The topological polar surface area (TPSA) is 33.1 Å². The van der Waals surface area contributed by atoms with Crippen LogP contribution in [-0.2, 0) is 0 Å². The summed E-state index contributed by atoms with van der Waals surface area (Å²) in [4.78, 5) is 2.36. The van der Waals surface area contributed by atoms with E-state index in [1.165, 1.54) is 11.3 Å². The quantitative estimate of drug-likeness (QED) is 0.922. The Morgan fingerprint density at radius 2 is 2.00 bits per heavy atom. The monoisotopic (exact) mass is 320 g/mol. The molecule has 0 atom stereocenters. The van der Waals surface area contributed by atoms with Crippen LogP contribution >= 0.6 is 15.9 Å². The van der Waals surface area contributed by atoms with Gasteiger partial charge in [-0.3, -0.25) is 0 Å². The summed E-state index contributed by atoms with van der Waals surface area (Å²) in [7, 11) is 0. The van der Waals surface area contributed by atoms with Crippen LogP contribution < -0.4 is 10.2 Å². The van der Waals surface area contributed by atoms with Gasteiger partial charge in [-0.15, -0.1) is 0 Å². The Morgan fingerprint density at radius 3 is 2.74 bits per heavy atom. The standard InChI is InChI=1S/C14H17BrN4/c1-11-2-3-12(8-14(11)15)19-10-13(9-17-19)18-6-4-16-5-7-18/h2-3,8-10,16H,4-7H2,1H3. The summed E-state index contributed by atoms with van der Waals surface area (Å²) in [6.07, 6.45) is 4.04. The summed E-state index contributed by atoms with van der Waals surface area (Å²) in [6, 6.07) is 6.30. The van der Waals surface area contributed by atoms with Crippen LogP contribution in [0.4, 0.5) is 5.69 Å². The van der Waals surface area contributed by atoms with Gasteiger partial charge in [0.1, 0.15) is 0 Å². The largest absolute Gasteiger partial charge is 0.366 e. The van der Waals surface area contributed by atoms with E-state index in [1.54, 1.807) is 0 Å². The number of anilines is 1. The SMILES string of the molecule is Cc1ccc(-n2cc(N3CCNCC3)cn2)cc1Br. The first kappa shape index (κ1) is 12.7.